The molecule has 0 unspecified atom stereocenters. The molecule has 0 aromatic carbocycles. The molecule has 9 heteroatoms. The highest BCUT2D eigenvalue weighted by Gasteiger charge is 2.10. The van der Waals surface area contributed by atoms with Crippen molar-refractivity contribution in [1.82, 2.24) is 20.6 Å². The highest BCUT2D eigenvalue weighted by molar-refractivity contribution is 6.31. The second-order valence-corrected chi connectivity index (χ2v) is 6.13. The van der Waals surface area contributed by atoms with Crippen LogP contribution in [0.1, 0.15) is 17.0 Å². The van der Waals surface area contributed by atoms with Gasteiger partial charge in [0.05, 0.1) is 16.6 Å². The molecule has 30 heavy (non-hydrogen) atoms. The molecule has 1 heterocycles. The minimum atomic E-state index is -0.770. The number of hydrogen-bond donors (Lipinski definition) is 2. The first-order valence-corrected chi connectivity index (χ1v) is 9.01. The van der Waals surface area contributed by atoms with Crippen LogP contribution in [-0.4, -0.2) is 34.9 Å². The number of carbonyl (C=O) groups excluding carboxylic acids is 2. The van der Waals surface area contributed by atoms with Crippen molar-refractivity contribution in [3.05, 3.63) is 83.4 Å². The van der Waals surface area contributed by atoms with Crippen LogP contribution in [0.25, 0.3) is 12.7 Å². The van der Waals surface area contributed by atoms with Crippen LogP contribution in [0.15, 0.2) is 67.0 Å². The maximum Gasteiger partial charge on any atom is 0.293 e. The Kier molecular flexibility index (Phi) is 10.5. The average molecular weight is 433 g/mol. The van der Waals surface area contributed by atoms with Gasteiger partial charge in [-0.25, -0.2) is 14.4 Å². The molecule has 0 fully saturated rings. The predicted octanol–water partition coefficient (Wildman–Crippen LogP) is 1.74. The molecular weight excluding hydrogens is 411 g/mol. The van der Waals surface area contributed by atoms with Gasteiger partial charge in [0.15, 0.2) is 6.61 Å². The van der Waals surface area contributed by atoms with Gasteiger partial charge in [0.2, 0.25) is 5.82 Å². The fourth-order valence-electron chi connectivity index (χ4n) is 1.86. The van der Waals surface area contributed by atoms with E-state index in [0.717, 1.165) is 0 Å². The molecular formula is C21H22ClFN4O3. The molecule has 158 valence electrons. The summed E-state index contributed by atoms with van der Waals surface area (Å²) in [5, 5.41) is 6.06. The fourth-order valence-corrected chi connectivity index (χ4v) is 1.93. The summed E-state index contributed by atoms with van der Waals surface area (Å²) < 4.78 is 17.6. The zero-order valence-electron chi connectivity index (χ0n) is 16.3. The Morgan fingerprint density at radius 2 is 2.07 bits per heavy atom. The molecule has 0 aliphatic heterocycles. The third-order valence-electron chi connectivity index (χ3n) is 3.31. The lowest BCUT2D eigenvalue weighted by Crippen LogP contribution is -2.34. The quantitative estimate of drug-likeness (QED) is 0.410. The van der Waals surface area contributed by atoms with Gasteiger partial charge >= 0.3 is 0 Å². The number of aromatic nitrogens is 2. The first-order valence-electron chi connectivity index (χ1n) is 8.64. The summed E-state index contributed by atoms with van der Waals surface area (Å²) in [6.45, 7) is 14.1. The lowest BCUT2D eigenvalue weighted by atomic mass is 10.3. The number of ether oxygens (including phenoxy) is 1. The molecule has 1 rings (SSSR count). The van der Waals surface area contributed by atoms with E-state index in [1.165, 1.54) is 30.7 Å². The first-order chi connectivity index (χ1) is 14.2. The summed E-state index contributed by atoms with van der Waals surface area (Å²) in [6, 6.07) is 0. The van der Waals surface area contributed by atoms with Gasteiger partial charge < -0.3 is 15.4 Å². The second kappa shape index (κ2) is 12.8. The summed E-state index contributed by atoms with van der Waals surface area (Å²) in [6.07, 6.45) is 8.65. The summed E-state index contributed by atoms with van der Waals surface area (Å²) in [5.74, 6) is -1.72. The molecule has 7 nitrogen and oxygen atoms in total. The largest absolute Gasteiger partial charge is 0.491 e. The summed E-state index contributed by atoms with van der Waals surface area (Å²) in [5.41, 5.74) is 0.379. The molecule has 0 atom stereocenters. The zero-order chi connectivity index (χ0) is 22.5. The summed E-state index contributed by atoms with van der Waals surface area (Å²) in [4.78, 5) is 31.9. The Labute approximate surface area is 178 Å². The van der Waals surface area contributed by atoms with Gasteiger partial charge in [0, 0.05) is 30.1 Å². The number of amides is 2. The van der Waals surface area contributed by atoms with Gasteiger partial charge in [-0.05, 0) is 18.2 Å². The molecule has 0 aliphatic carbocycles. The smallest absolute Gasteiger partial charge is 0.293 e. The van der Waals surface area contributed by atoms with Crippen LogP contribution < -0.4 is 21.2 Å². The standard InChI is InChI=1S/C21H22ClFN4O3/c1-5-7-18-14(2)12-25-20(27-18)21(29)26-15(3)9-10-24-19(28)13-30-11-6-8-17(22)16(4)23/h5-8,11-12H,1-4,9-10,13H2,(H,24,28)(H,26,29)/b11-6+,17-8+,18-7+. The summed E-state index contributed by atoms with van der Waals surface area (Å²) in [7, 11) is 0. The molecule has 0 bridgehead atoms. The lowest BCUT2D eigenvalue weighted by Gasteiger charge is -2.09. The molecule has 0 spiro atoms. The van der Waals surface area contributed by atoms with Crippen LogP contribution in [0.3, 0.4) is 0 Å². The Balaban J connectivity index is 2.39. The molecule has 0 saturated heterocycles. The van der Waals surface area contributed by atoms with Gasteiger partial charge in [0.1, 0.15) is 5.83 Å². The predicted molar refractivity (Wildman–Crippen MR) is 115 cm³/mol. The van der Waals surface area contributed by atoms with Gasteiger partial charge in [-0.2, -0.15) is 0 Å². The van der Waals surface area contributed by atoms with Crippen LogP contribution in [0.2, 0.25) is 0 Å². The maximum absolute atomic E-state index is 12.6. The lowest BCUT2D eigenvalue weighted by molar-refractivity contribution is -0.123. The Morgan fingerprint density at radius 3 is 2.73 bits per heavy atom. The van der Waals surface area contributed by atoms with Gasteiger partial charge in [-0.15, -0.1) is 0 Å². The number of nitrogens with zero attached hydrogens (tertiary/aromatic N) is 2. The van der Waals surface area contributed by atoms with Crippen molar-refractivity contribution in [2.75, 3.05) is 13.2 Å². The van der Waals surface area contributed by atoms with E-state index < -0.39 is 11.7 Å². The Morgan fingerprint density at radius 1 is 1.33 bits per heavy atom. The number of rotatable bonds is 11. The highest BCUT2D eigenvalue weighted by Crippen LogP contribution is 2.12. The molecule has 0 saturated carbocycles. The first kappa shape index (κ1) is 24.5. The van der Waals surface area contributed by atoms with E-state index in [2.05, 4.69) is 46.9 Å². The topological polar surface area (TPSA) is 93.2 Å². The average Bonchev–Trinajstić information content (AvgIpc) is 2.69. The van der Waals surface area contributed by atoms with Crippen molar-refractivity contribution < 1.29 is 18.7 Å². The van der Waals surface area contributed by atoms with E-state index in [1.807, 2.05) is 0 Å². The zero-order valence-corrected chi connectivity index (χ0v) is 17.0. The van der Waals surface area contributed by atoms with Gasteiger partial charge in [-0.1, -0.05) is 44.0 Å². The molecule has 1 aromatic heterocycles. The third kappa shape index (κ3) is 9.11. The van der Waals surface area contributed by atoms with Crippen LogP contribution >= 0.6 is 11.6 Å². The number of hydrogen-bond acceptors (Lipinski definition) is 5. The van der Waals surface area contributed by atoms with Gasteiger partial charge in [-0.3, -0.25) is 9.59 Å². The molecule has 2 amide bonds. The van der Waals surface area contributed by atoms with E-state index in [9.17, 15) is 14.0 Å². The van der Waals surface area contributed by atoms with Crippen LogP contribution in [-0.2, 0) is 9.53 Å². The van der Waals surface area contributed by atoms with Crippen molar-refractivity contribution in [1.29, 1.82) is 0 Å². The van der Waals surface area contributed by atoms with Crippen molar-refractivity contribution in [2.45, 2.75) is 6.42 Å². The molecule has 0 radical (unpaired) electrons. The third-order valence-corrected chi connectivity index (χ3v) is 3.64. The number of carbonyl (C=O) groups is 2. The SMILES string of the molecule is C=C/C=c1/nc(C(=O)NC(=C)CCNC(=O)CO/C=C/C=C(/Cl)C(=C)F)ncc1=C. The number of nitrogens with one attached hydrogen (secondary N) is 2. The Bertz CT molecular complexity index is 1000. The van der Waals surface area contributed by atoms with E-state index >= 15 is 0 Å². The molecule has 2 N–H and O–H groups in total. The second-order valence-electron chi connectivity index (χ2n) is 5.72. The number of halogens is 2. The maximum atomic E-state index is 12.6. The minimum absolute atomic E-state index is 0.0358. The van der Waals surface area contributed by atoms with Crippen LogP contribution in [0, 0.1) is 0 Å². The van der Waals surface area contributed by atoms with E-state index in [0.29, 0.717) is 22.7 Å². The van der Waals surface area contributed by atoms with Crippen molar-refractivity contribution >= 4 is 36.1 Å². The highest BCUT2D eigenvalue weighted by atomic mass is 35.5. The monoisotopic (exact) mass is 432 g/mol. The fraction of sp³-hybridized carbons (Fsp3) is 0.143. The van der Waals surface area contributed by atoms with Gasteiger partial charge in [0.25, 0.3) is 11.8 Å². The Hall–Kier alpha value is -3.52. The normalized spacial score (nSPS) is 11.8. The van der Waals surface area contributed by atoms with Crippen LogP contribution in [0.5, 0.6) is 0 Å². The van der Waals surface area contributed by atoms with E-state index in [1.54, 1.807) is 6.08 Å². The van der Waals surface area contributed by atoms with Crippen molar-refractivity contribution in [2.24, 2.45) is 0 Å². The molecule has 0 aliphatic rings. The summed E-state index contributed by atoms with van der Waals surface area (Å²) >= 11 is 5.51. The minimum Gasteiger partial charge on any atom is -0.491 e. The van der Waals surface area contributed by atoms with E-state index in [4.69, 9.17) is 16.3 Å². The van der Waals surface area contributed by atoms with E-state index in [-0.39, 0.29) is 29.9 Å². The van der Waals surface area contributed by atoms with Crippen LogP contribution in [0.4, 0.5) is 4.39 Å². The van der Waals surface area contributed by atoms with Crippen molar-refractivity contribution in [3.8, 4) is 0 Å². The number of allylic oxidation sites excluding steroid dienone is 5. The molecule has 1 aromatic rings. The van der Waals surface area contributed by atoms with Crippen molar-refractivity contribution in [3.63, 3.8) is 0 Å².